The lowest BCUT2D eigenvalue weighted by molar-refractivity contribution is -0.119. The summed E-state index contributed by atoms with van der Waals surface area (Å²) in [5.74, 6) is 0.587. The Bertz CT molecular complexity index is 416. The molecular weight excluding hydrogens is 216 g/mol. The van der Waals surface area contributed by atoms with Gasteiger partial charge in [0.1, 0.15) is 5.75 Å². The third kappa shape index (κ3) is 2.97. The fourth-order valence-electron chi connectivity index (χ4n) is 1.52. The first-order chi connectivity index (χ1) is 8.01. The van der Waals surface area contributed by atoms with Gasteiger partial charge in [-0.25, -0.2) is 0 Å². The van der Waals surface area contributed by atoms with Gasteiger partial charge < -0.3 is 15.8 Å². The van der Waals surface area contributed by atoms with E-state index in [9.17, 15) is 4.79 Å². The number of anilines is 1. The quantitative estimate of drug-likeness (QED) is 0.838. The van der Waals surface area contributed by atoms with Crippen LogP contribution in [-0.2, 0) is 4.79 Å². The van der Waals surface area contributed by atoms with Gasteiger partial charge in [-0.15, -0.1) is 0 Å². The smallest absolute Gasteiger partial charge is 0.228 e. The Kier molecular flexibility index (Phi) is 4.52. The molecule has 3 N–H and O–H groups in total. The molecule has 0 spiro atoms. The van der Waals surface area contributed by atoms with E-state index in [1.54, 1.807) is 14.0 Å². The minimum Gasteiger partial charge on any atom is -0.496 e. The van der Waals surface area contributed by atoms with Gasteiger partial charge in [-0.3, -0.25) is 4.79 Å². The lowest BCUT2D eigenvalue weighted by atomic mass is 10.1. The molecule has 0 aliphatic carbocycles. The molecule has 1 aromatic carbocycles. The number of nitrogens with one attached hydrogen (secondary N) is 1. The summed E-state index contributed by atoms with van der Waals surface area (Å²) >= 11 is 0. The fraction of sp³-hybridized carbons (Fsp3) is 0.462. The minimum atomic E-state index is -0.184. The normalized spacial score (nSPS) is 12.1. The number of carbonyl (C=O) groups excluding carboxylic acids is 1. The van der Waals surface area contributed by atoms with Crippen molar-refractivity contribution in [3.05, 3.63) is 23.3 Å². The third-order valence-corrected chi connectivity index (χ3v) is 3.02. The highest BCUT2D eigenvalue weighted by Crippen LogP contribution is 2.27. The number of carbonyl (C=O) groups is 1. The van der Waals surface area contributed by atoms with Crippen LogP contribution in [0.2, 0.25) is 0 Å². The zero-order chi connectivity index (χ0) is 13.0. The van der Waals surface area contributed by atoms with E-state index in [-0.39, 0.29) is 11.8 Å². The van der Waals surface area contributed by atoms with E-state index in [2.05, 4.69) is 5.32 Å². The molecule has 0 aromatic heterocycles. The maximum Gasteiger partial charge on any atom is 0.228 e. The van der Waals surface area contributed by atoms with E-state index >= 15 is 0 Å². The Labute approximate surface area is 102 Å². The van der Waals surface area contributed by atoms with Gasteiger partial charge >= 0.3 is 0 Å². The van der Waals surface area contributed by atoms with Crippen molar-refractivity contribution in [2.45, 2.75) is 20.8 Å². The molecule has 1 rings (SSSR count). The fourth-order valence-corrected chi connectivity index (χ4v) is 1.52. The molecule has 0 saturated carbocycles. The summed E-state index contributed by atoms with van der Waals surface area (Å²) in [6, 6.07) is 3.70. The van der Waals surface area contributed by atoms with Crippen LogP contribution in [0.5, 0.6) is 5.75 Å². The second-order valence-corrected chi connectivity index (χ2v) is 4.19. The molecule has 1 amide bonds. The van der Waals surface area contributed by atoms with Crippen LogP contribution in [0.4, 0.5) is 5.69 Å². The first-order valence-corrected chi connectivity index (χ1v) is 5.66. The predicted molar refractivity (Wildman–Crippen MR) is 69.3 cm³/mol. The number of amides is 1. The number of methoxy groups -OCH3 is 1. The summed E-state index contributed by atoms with van der Waals surface area (Å²) in [4.78, 5) is 11.7. The van der Waals surface area contributed by atoms with Gasteiger partial charge in [-0.1, -0.05) is 6.92 Å². The molecule has 94 valence electrons. The standard InChI is InChI=1S/C13H20N2O2/c1-8(7-14)13(16)15-11-5-6-12(17-4)10(3)9(11)2/h5-6,8H,7,14H2,1-4H3,(H,15,16). The zero-order valence-electron chi connectivity index (χ0n) is 10.8. The summed E-state index contributed by atoms with van der Waals surface area (Å²) in [6.45, 7) is 6.08. The van der Waals surface area contributed by atoms with Crippen molar-refractivity contribution >= 4 is 11.6 Å². The Morgan fingerprint density at radius 3 is 2.59 bits per heavy atom. The number of hydrogen-bond donors (Lipinski definition) is 2. The second kappa shape index (κ2) is 5.68. The molecule has 0 bridgehead atoms. The van der Waals surface area contributed by atoms with Gasteiger partial charge in [0, 0.05) is 18.2 Å². The van der Waals surface area contributed by atoms with Crippen molar-refractivity contribution < 1.29 is 9.53 Å². The van der Waals surface area contributed by atoms with E-state index in [1.165, 1.54) is 0 Å². The molecule has 4 nitrogen and oxygen atoms in total. The Morgan fingerprint density at radius 2 is 2.06 bits per heavy atom. The van der Waals surface area contributed by atoms with Crippen molar-refractivity contribution in [3.63, 3.8) is 0 Å². The van der Waals surface area contributed by atoms with Gasteiger partial charge in [0.2, 0.25) is 5.91 Å². The van der Waals surface area contributed by atoms with Crippen LogP contribution in [0.25, 0.3) is 0 Å². The lowest BCUT2D eigenvalue weighted by Gasteiger charge is -2.15. The first kappa shape index (κ1) is 13.5. The molecule has 0 fully saturated rings. The van der Waals surface area contributed by atoms with Crippen molar-refractivity contribution in [1.29, 1.82) is 0 Å². The van der Waals surface area contributed by atoms with Crippen LogP contribution >= 0.6 is 0 Å². The van der Waals surface area contributed by atoms with Gasteiger partial charge in [0.25, 0.3) is 0 Å². The molecule has 1 atom stereocenters. The topological polar surface area (TPSA) is 64.3 Å². The van der Waals surface area contributed by atoms with Gasteiger partial charge in [-0.05, 0) is 37.1 Å². The van der Waals surface area contributed by atoms with Crippen LogP contribution in [0, 0.1) is 19.8 Å². The van der Waals surface area contributed by atoms with Crippen LogP contribution < -0.4 is 15.8 Å². The van der Waals surface area contributed by atoms with E-state index in [0.29, 0.717) is 6.54 Å². The summed E-state index contributed by atoms with van der Waals surface area (Å²) in [7, 11) is 1.64. The Morgan fingerprint density at radius 1 is 1.41 bits per heavy atom. The van der Waals surface area contributed by atoms with Gasteiger partial charge in [0.05, 0.1) is 7.11 Å². The molecule has 0 saturated heterocycles. The summed E-state index contributed by atoms with van der Waals surface area (Å²) in [5.41, 5.74) is 8.32. The molecule has 17 heavy (non-hydrogen) atoms. The van der Waals surface area contributed by atoms with E-state index in [0.717, 1.165) is 22.6 Å². The molecular formula is C13H20N2O2. The van der Waals surface area contributed by atoms with E-state index in [4.69, 9.17) is 10.5 Å². The summed E-state index contributed by atoms with van der Waals surface area (Å²) < 4.78 is 5.22. The molecule has 0 aliphatic rings. The van der Waals surface area contributed by atoms with Crippen LogP contribution in [-0.4, -0.2) is 19.6 Å². The Balaban J connectivity index is 2.93. The monoisotopic (exact) mass is 236 g/mol. The Hall–Kier alpha value is -1.55. The molecule has 4 heteroatoms. The zero-order valence-corrected chi connectivity index (χ0v) is 10.8. The maximum atomic E-state index is 11.7. The van der Waals surface area contributed by atoms with E-state index in [1.807, 2.05) is 26.0 Å². The SMILES string of the molecule is COc1ccc(NC(=O)C(C)CN)c(C)c1C. The number of nitrogens with two attached hydrogens (primary N) is 1. The number of ether oxygens (including phenoxy) is 1. The van der Waals surface area contributed by atoms with Gasteiger partial charge in [0.15, 0.2) is 0 Å². The van der Waals surface area contributed by atoms with Crippen molar-refractivity contribution in [3.8, 4) is 5.75 Å². The van der Waals surface area contributed by atoms with Crippen molar-refractivity contribution in [1.82, 2.24) is 0 Å². The van der Waals surface area contributed by atoms with Gasteiger partial charge in [-0.2, -0.15) is 0 Å². The maximum absolute atomic E-state index is 11.7. The van der Waals surface area contributed by atoms with Crippen LogP contribution in [0.1, 0.15) is 18.1 Å². The molecule has 1 unspecified atom stereocenters. The summed E-state index contributed by atoms with van der Waals surface area (Å²) in [5, 5.41) is 2.88. The first-order valence-electron chi connectivity index (χ1n) is 5.66. The van der Waals surface area contributed by atoms with Crippen LogP contribution in [0.15, 0.2) is 12.1 Å². The molecule has 0 radical (unpaired) electrons. The lowest BCUT2D eigenvalue weighted by Crippen LogP contribution is -2.27. The molecule has 0 heterocycles. The highest BCUT2D eigenvalue weighted by molar-refractivity contribution is 5.93. The number of hydrogen-bond acceptors (Lipinski definition) is 3. The van der Waals surface area contributed by atoms with E-state index < -0.39 is 0 Å². The van der Waals surface area contributed by atoms with Crippen LogP contribution in [0.3, 0.4) is 0 Å². The summed E-state index contributed by atoms with van der Waals surface area (Å²) in [6.07, 6.45) is 0. The highest BCUT2D eigenvalue weighted by Gasteiger charge is 2.13. The second-order valence-electron chi connectivity index (χ2n) is 4.19. The minimum absolute atomic E-state index is 0.0554. The predicted octanol–water partition coefficient (Wildman–Crippen LogP) is 1.85. The average molecular weight is 236 g/mol. The molecule has 0 aliphatic heterocycles. The molecule has 1 aromatic rings. The largest absolute Gasteiger partial charge is 0.496 e. The highest BCUT2D eigenvalue weighted by atomic mass is 16.5. The third-order valence-electron chi connectivity index (χ3n) is 3.02. The number of rotatable bonds is 4. The number of benzene rings is 1. The average Bonchev–Trinajstić information content (AvgIpc) is 2.34. The van der Waals surface area contributed by atoms with Crippen molar-refractivity contribution in [2.24, 2.45) is 11.7 Å². The van der Waals surface area contributed by atoms with Crippen molar-refractivity contribution in [2.75, 3.05) is 19.0 Å².